The van der Waals surface area contributed by atoms with Crippen LogP contribution in [0, 0.1) is 19.7 Å². The Balaban J connectivity index is 1.34. The van der Waals surface area contributed by atoms with Crippen LogP contribution < -0.4 is 21.3 Å². The van der Waals surface area contributed by atoms with Crippen LogP contribution in [0.15, 0.2) is 82.6 Å². The second-order valence-corrected chi connectivity index (χ2v) is 11.3. The van der Waals surface area contributed by atoms with E-state index in [1.165, 1.54) is 22.9 Å². The van der Waals surface area contributed by atoms with Gasteiger partial charge in [0.2, 0.25) is 0 Å². The molecule has 1 saturated carbocycles. The minimum Gasteiger partial charge on any atom is -0.456 e. The number of carbonyl (C=O) groups excluding carboxylic acids is 1. The number of anilines is 1. The van der Waals surface area contributed by atoms with Gasteiger partial charge in [0.15, 0.2) is 0 Å². The van der Waals surface area contributed by atoms with E-state index >= 15 is 0 Å². The van der Waals surface area contributed by atoms with Crippen molar-refractivity contribution in [2.45, 2.75) is 52.5 Å². The van der Waals surface area contributed by atoms with E-state index in [1.807, 2.05) is 24.3 Å². The molecule has 43 heavy (non-hydrogen) atoms. The number of aryl methyl sites for hydroxylation is 2. The quantitative estimate of drug-likeness (QED) is 0.229. The first-order chi connectivity index (χ1) is 20.6. The number of halogens is 1. The highest BCUT2D eigenvalue weighted by Crippen LogP contribution is 2.46. The second kappa shape index (κ2) is 11.0. The number of hydrogen-bond acceptors (Lipinski definition) is 5. The summed E-state index contributed by atoms with van der Waals surface area (Å²) in [4.78, 5) is 44.6. The normalized spacial score (nSPS) is 13.0. The van der Waals surface area contributed by atoms with E-state index in [0.29, 0.717) is 23.1 Å². The minimum absolute atomic E-state index is 0.173. The number of nitrogens with zero attached hydrogens (tertiary/aromatic N) is 3. The molecule has 5 aromatic rings. The number of fused-ring (bicyclic) bond motifs is 1. The molecular weight excluding hydrogens is 547 g/mol. The summed E-state index contributed by atoms with van der Waals surface area (Å²) in [7, 11) is 0. The second-order valence-electron chi connectivity index (χ2n) is 11.3. The van der Waals surface area contributed by atoms with E-state index < -0.39 is 23.0 Å². The minimum atomic E-state index is -0.788. The van der Waals surface area contributed by atoms with E-state index in [4.69, 9.17) is 4.74 Å². The molecule has 1 amide bonds. The maximum absolute atomic E-state index is 13.6. The fraction of sp³-hybridized carbons (Fsp3) is 0.235. The molecular formula is C34H31FN4O4. The topological polar surface area (TPSA) is 95.2 Å². The molecule has 0 unspecified atom stereocenters. The molecule has 1 aliphatic rings. The van der Waals surface area contributed by atoms with Gasteiger partial charge in [-0.05, 0) is 124 Å². The van der Waals surface area contributed by atoms with Crippen molar-refractivity contribution in [2.24, 2.45) is 0 Å². The van der Waals surface area contributed by atoms with Crippen LogP contribution in [-0.4, -0.2) is 20.0 Å². The fourth-order valence-corrected chi connectivity index (χ4v) is 5.13. The van der Waals surface area contributed by atoms with Crippen molar-refractivity contribution in [3.8, 4) is 17.2 Å². The smallest absolute Gasteiger partial charge is 0.335 e. The molecule has 0 aliphatic heterocycles. The maximum Gasteiger partial charge on any atom is 0.335 e. The number of ether oxygens (including phenoxy) is 1. The van der Waals surface area contributed by atoms with Crippen molar-refractivity contribution < 1.29 is 13.9 Å². The molecule has 0 atom stereocenters. The Hall–Kier alpha value is -5.05. The van der Waals surface area contributed by atoms with Crippen LogP contribution in [0.5, 0.6) is 11.5 Å². The first kappa shape index (κ1) is 28.1. The molecule has 1 aliphatic carbocycles. The number of aromatic nitrogens is 3. The van der Waals surface area contributed by atoms with Crippen molar-refractivity contribution in [3.05, 3.63) is 122 Å². The molecule has 3 aromatic carbocycles. The molecule has 8 nitrogen and oxygen atoms in total. The molecule has 2 heterocycles. The Morgan fingerprint density at radius 1 is 0.977 bits per heavy atom. The highest BCUT2D eigenvalue weighted by molar-refractivity contribution is 6.04. The van der Waals surface area contributed by atoms with Gasteiger partial charge in [0.05, 0.1) is 11.2 Å². The average molecular weight is 579 g/mol. The summed E-state index contributed by atoms with van der Waals surface area (Å²) in [5, 5.41) is 3.76. The largest absolute Gasteiger partial charge is 0.456 e. The first-order valence-electron chi connectivity index (χ1n) is 14.2. The monoisotopic (exact) mass is 578 g/mol. The average Bonchev–Trinajstić information content (AvgIpc) is 3.81. The third kappa shape index (κ3) is 5.46. The summed E-state index contributed by atoms with van der Waals surface area (Å²) in [6.45, 7) is 7.66. The van der Waals surface area contributed by atoms with Crippen molar-refractivity contribution >= 4 is 22.5 Å². The summed E-state index contributed by atoms with van der Waals surface area (Å²) in [5.74, 6) is 0.526. The summed E-state index contributed by atoms with van der Waals surface area (Å²) in [5.41, 5.74) is 3.18. The number of nitrogens with one attached hydrogen (secondary N) is 1. The van der Waals surface area contributed by atoms with Crippen LogP contribution in [0.2, 0.25) is 0 Å². The zero-order chi connectivity index (χ0) is 30.4. The highest BCUT2D eigenvalue weighted by atomic mass is 19.1. The Labute approximate surface area is 247 Å². The standard InChI is InChI=1S/C34H31FN4O4/c1-19(2)38-18-28(33(41)39(34(38)42)25-10-7-23(35)8-11-25)32(40)37-24-9-12-30(26(17-24)22-5-6-22)43-31-13-14-36-29-16-21(4)20(3)15-27(29)31/h7-19,22H,5-6H2,1-4H3,(H,37,40). The summed E-state index contributed by atoms with van der Waals surface area (Å²) in [6.07, 6.45) is 5.02. The molecule has 9 heteroatoms. The van der Waals surface area contributed by atoms with E-state index in [9.17, 15) is 18.8 Å². The van der Waals surface area contributed by atoms with Crippen LogP contribution in [0.3, 0.4) is 0 Å². The van der Waals surface area contributed by atoms with Gasteiger partial charge >= 0.3 is 5.69 Å². The lowest BCUT2D eigenvalue weighted by Crippen LogP contribution is -2.42. The van der Waals surface area contributed by atoms with Crippen molar-refractivity contribution in [1.82, 2.24) is 14.1 Å². The van der Waals surface area contributed by atoms with Gasteiger partial charge < -0.3 is 10.1 Å². The fourth-order valence-electron chi connectivity index (χ4n) is 5.13. The Bertz CT molecular complexity index is 2010. The number of carbonyl (C=O) groups is 1. The number of amides is 1. The van der Waals surface area contributed by atoms with E-state index in [0.717, 1.165) is 57.1 Å². The van der Waals surface area contributed by atoms with Crippen molar-refractivity contribution in [3.63, 3.8) is 0 Å². The lowest BCUT2D eigenvalue weighted by atomic mass is 10.1. The van der Waals surface area contributed by atoms with Gasteiger partial charge in [-0.1, -0.05) is 0 Å². The van der Waals surface area contributed by atoms with E-state index in [1.54, 1.807) is 26.1 Å². The lowest BCUT2D eigenvalue weighted by molar-refractivity contribution is 0.102. The van der Waals surface area contributed by atoms with E-state index in [-0.39, 0.29) is 17.3 Å². The van der Waals surface area contributed by atoms with Gasteiger partial charge in [-0.3, -0.25) is 19.1 Å². The predicted molar refractivity (Wildman–Crippen MR) is 164 cm³/mol. The number of pyridine rings is 1. The third-order valence-corrected chi connectivity index (χ3v) is 7.82. The van der Waals surface area contributed by atoms with Gasteiger partial charge in [-0.25, -0.2) is 13.8 Å². The molecule has 218 valence electrons. The van der Waals surface area contributed by atoms with Crippen molar-refractivity contribution in [2.75, 3.05) is 5.32 Å². The summed E-state index contributed by atoms with van der Waals surface area (Å²) >= 11 is 0. The van der Waals surface area contributed by atoms with Gasteiger partial charge in [0, 0.05) is 29.5 Å². The predicted octanol–water partition coefficient (Wildman–Crippen LogP) is 6.81. The SMILES string of the molecule is Cc1cc2nccc(Oc3ccc(NC(=O)c4cn(C(C)C)c(=O)n(-c5ccc(F)cc5)c4=O)cc3C3CC3)c2cc1C. The molecule has 1 fully saturated rings. The number of rotatable bonds is 7. The van der Waals surface area contributed by atoms with Gasteiger partial charge in [-0.15, -0.1) is 0 Å². The molecule has 1 N–H and O–H groups in total. The van der Waals surface area contributed by atoms with Gasteiger partial charge in [-0.2, -0.15) is 0 Å². The van der Waals surface area contributed by atoms with Crippen LogP contribution in [0.25, 0.3) is 16.6 Å². The van der Waals surface area contributed by atoms with Gasteiger partial charge in [0.1, 0.15) is 22.9 Å². The number of benzene rings is 3. The number of hydrogen-bond donors (Lipinski definition) is 1. The zero-order valence-corrected chi connectivity index (χ0v) is 24.3. The Morgan fingerprint density at radius 2 is 1.70 bits per heavy atom. The van der Waals surface area contributed by atoms with E-state index in [2.05, 4.69) is 30.2 Å². The highest BCUT2D eigenvalue weighted by Gasteiger charge is 2.28. The summed E-state index contributed by atoms with van der Waals surface area (Å²) in [6, 6.07) is 16.1. The summed E-state index contributed by atoms with van der Waals surface area (Å²) < 4.78 is 22.2. The van der Waals surface area contributed by atoms with Crippen LogP contribution in [-0.2, 0) is 0 Å². The molecule has 0 saturated heterocycles. The first-order valence-corrected chi connectivity index (χ1v) is 14.2. The third-order valence-electron chi connectivity index (χ3n) is 7.82. The molecule has 0 spiro atoms. The van der Waals surface area contributed by atoms with Gasteiger partial charge in [0.25, 0.3) is 11.5 Å². The Kier molecular flexibility index (Phi) is 7.17. The van der Waals surface area contributed by atoms with Crippen LogP contribution in [0.1, 0.15) is 65.7 Å². The van der Waals surface area contributed by atoms with Crippen molar-refractivity contribution in [1.29, 1.82) is 0 Å². The zero-order valence-electron chi connectivity index (χ0n) is 24.3. The molecule has 0 bridgehead atoms. The molecule has 2 aromatic heterocycles. The Morgan fingerprint density at radius 3 is 2.40 bits per heavy atom. The lowest BCUT2D eigenvalue weighted by Gasteiger charge is -2.17. The van der Waals surface area contributed by atoms with Crippen LogP contribution >= 0.6 is 0 Å². The molecule has 6 rings (SSSR count). The maximum atomic E-state index is 13.6. The molecule has 0 radical (unpaired) electrons. The van der Waals surface area contributed by atoms with Crippen LogP contribution in [0.4, 0.5) is 10.1 Å².